The maximum absolute atomic E-state index is 12.0. The summed E-state index contributed by atoms with van der Waals surface area (Å²) in [6, 6.07) is 8.80. The molecule has 4 heteroatoms. The number of para-hydroxylation sites is 1. The predicted molar refractivity (Wildman–Crippen MR) is 63.2 cm³/mol. The van der Waals surface area contributed by atoms with Gasteiger partial charge in [-0.25, -0.2) is 4.90 Å². The van der Waals surface area contributed by atoms with Crippen molar-refractivity contribution in [1.29, 1.82) is 0 Å². The zero-order valence-electron chi connectivity index (χ0n) is 9.71. The molecule has 1 aliphatic heterocycles. The van der Waals surface area contributed by atoms with E-state index in [9.17, 15) is 9.59 Å². The summed E-state index contributed by atoms with van der Waals surface area (Å²) in [5, 5.41) is 0. The number of rotatable bonds is 3. The van der Waals surface area contributed by atoms with E-state index >= 15 is 0 Å². The van der Waals surface area contributed by atoms with Crippen LogP contribution in [0, 0.1) is 0 Å². The number of carbonyl (C=O) groups is 2. The lowest BCUT2D eigenvalue weighted by Crippen LogP contribution is -2.31. The van der Waals surface area contributed by atoms with Crippen molar-refractivity contribution in [2.24, 2.45) is 0 Å². The molecule has 0 atom stereocenters. The molecule has 2 amide bonds. The molecule has 17 heavy (non-hydrogen) atoms. The normalized spacial score (nSPS) is 15.5. The number of hydrogen-bond acceptors (Lipinski definition) is 3. The summed E-state index contributed by atoms with van der Waals surface area (Å²) in [5.74, 6) is -0.666. The smallest absolute Gasteiger partial charge is 0.300 e. The highest BCUT2D eigenvalue weighted by molar-refractivity contribution is 6.29. The maximum Gasteiger partial charge on any atom is 0.300 e. The Morgan fingerprint density at radius 2 is 1.76 bits per heavy atom. The fourth-order valence-electron chi connectivity index (χ4n) is 1.61. The molecule has 0 N–H and O–H groups in total. The molecule has 88 valence electrons. The average molecular weight is 231 g/mol. The van der Waals surface area contributed by atoms with E-state index in [0.29, 0.717) is 5.69 Å². The van der Waals surface area contributed by atoms with Crippen molar-refractivity contribution in [3.8, 4) is 0 Å². The van der Waals surface area contributed by atoms with Gasteiger partial charge < -0.3 is 4.74 Å². The van der Waals surface area contributed by atoms with Crippen molar-refractivity contribution < 1.29 is 14.3 Å². The van der Waals surface area contributed by atoms with Crippen LogP contribution in [0.2, 0.25) is 0 Å². The molecule has 0 saturated carbocycles. The van der Waals surface area contributed by atoms with E-state index in [0.717, 1.165) is 4.90 Å². The Hall–Kier alpha value is -2.10. The van der Waals surface area contributed by atoms with Gasteiger partial charge in [-0.15, -0.1) is 0 Å². The van der Waals surface area contributed by atoms with Crippen molar-refractivity contribution in [2.75, 3.05) is 4.90 Å². The number of anilines is 1. The van der Waals surface area contributed by atoms with E-state index in [1.807, 2.05) is 19.9 Å². The number of ether oxygens (including phenoxy) is 1. The highest BCUT2D eigenvalue weighted by atomic mass is 16.5. The highest BCUT2D eigenvalue weighted by Gasteiger charge is 2.33. The number of hydrogen-bond donors (Lipinski definition) is 0. The van der Waals surface area contributed by atoms with E-state index < -0.39 is 5.91 Å². The summed E-state index contributed by atoms with van der Waals surface area (Å²) < 4.78 is 5.29. The van der Waals surface area contributed by atoms with Crippen LogP contribution in [-0.2, 0) is 14.3 Å². The zero-order valence-corrected chi connectivity index (χ0v) is 9.71. The van der Waals surface area contributed by atoms with E-state index in [-0.39, 0.29) is 17.8 Å². The van der Waals surface area contributed by atoms with Crippen molar-refractivity contribution in [3.05, 3.63) is 42.2 Å². The molecule has 2 rings (SSSR count). The lowest BCUT2D eigenvalue weighted by molar-refractivity contribution is -0.122. The quantitative estimate of drug-likeness (QED) is 0.746. The molecule has 0 spiro atoms. The molecule has 0 fully saturated rings. The Morgan fingerprint density at radius 1 is 1.12 bits per heavy atom. The molecule has 0 saturated heterocycles. The number of nitrogens with zero attached hydrogens (tertiary/aromatic N) is 1. The van der Waals surface area contributed by atoms with Crippen molar-refractivity contribution in [3.63, 3.8) is 0 Å². The van der Waals surface area contributed by atoms with E-state index in [1.54, 1.807) is 24.3 Å². The third-order valence-corrected chi connectivity index (χ3v) is 2.27. The van der Waals surface area contributed by atoms with Gasteiger partial charge >= 0.3 is 5.91 Å². The van der Waals surface area contributed by atoms with Crippen molar-refractivity contribution in [2.45, 2.75) is 20.0 Å². The van der Waals surface area contributed by atoms with Crippen LogP contribution in [0.3, 0.4) is 0 Å². The van der Waals surface area contributed by atoms with E-state index in [2.05, 4.69) is 0 Å². The van der Waals surface area contributed by atoms with Gasteiger partial charge in [-0.1, -0.05) is 18.2 Å². The fraction of sp³-hybridized carbons (Fsp3) is 0.231. The summed E-state index contributed by atoms with van der Waals surface area (Å²) in [4.78, 5) is 24.8. The summed E-state index contributed by atoms with van der Waals surface area (Å²) in [6.07, 6.45) is 1.10. The highest BCUT2D eigenvalue weighted by Crippen LogP contribution is 2.23. The predicted octanol–water partition coefficient (Wildman–Crippen LogP) is 1.87. The summed E-state index contributed by atoms with van der Waals surface area (Å²) in [5.41, 5.74) is 0.557. The minimum absolute atomic E-state index is 0.105. The van der Waals surface area contributed by atoms with Crippen molar-refractivity contribution >= 4 is 17.5 Å². The van der Waals surface area contributed by atoms with Gasteiger partial charge in [0.1, 0.15) is 0 Å². The largest absolute Gasteiger partial charge is 0.485 e. The molecular weight excluding hydrogens is 218 g/mol. The molecule has 0 aliphatic carbocycles. The monoisotopic (exact) mass is 231 g/mol. The molecule has 0 aromatic heterocycles. The van der Waals surface area contributed by atoms with Crippen LogP contribution in [-0.4, -0.2) is 17.9 Å². The van der Waals surface area contributed by atoms with Gasteiger partial charge in [0.25, 0.3) is 5.91 Å². The Kier molecular flexibility index (Phi) is 2.95. The van der Waals surface area contributed by atoms with Gasteiger partial charge in [0.2, 0.25) is 0 Å². The third kappa shape index (κ3) is 2.20. The minimum Gasteiger partial charge on any atom is -0.485 e. The van der Waals surface area contributed by atoms with E-state index in [1.165, 1.54) is 6.08 Å². The fourth-order valence-corrected chi connectivity index (χ4v) is 1.61. The topological polar surface area (TPSA) is 46.6 Å². The Labute approximate surface area is 99.5 Å². The molecule has 1 aliphatic rings. The van der Waals surface area contributed by atoms with Crippen LogP contribution < -0.4 is 4.90 Å². The van der Waals surface area contributed by atoms with Crippen LogP contribution in [0.5, 0.6) is 0 Å². The lowest BCUT2D eigenvalue weighted by Gasteiger charge is -2.15. The van der Waals surface area contributed by atoms with E-state index in [4.69, 9.17) is 4.74 Å². The number of amides is 2. The van der Waals surface area contributed by atoms with Gasteiger partial charge in [0.05, 0.1) is 17.9 Å². The lowest BCUT2D eigenvalue weighted by atomic mass is 10.3. The standard InChI is InChI=1S/C13H13NO3/c1-9(2)17-11-8-12(15)14(13(11)16)10-6-4-3-5-7-10/h3-9H,1-2H3. The second kappa shape index (κ2) is 4.41. The maximum atomic E-state index is 12.0. The number of carbonyl (C=O) groups excluding carboxylic acids is 2. The van der Waals surface area contributed by atoms with Gasteiger partial charge in [-0.2, -0.15) is 0 Å². The first-order valence-corrected chi connectivity index (χ1v) is 5.41. The first kappa shape index (κ1) is 11.4. The molecular formula is C13H13NO3. The molecule has 0 radical (unpaired) electrons. The molecule has 1 aromatic carbocycles. The summed E-state index contributed by atoms with van der Waals surface area (Å²) in [7, 11) is 0. The second-order valence-corrected chi connectivity index (χ2v) is 3.99. The Morgan fingerprint density at radius 3 is 2.35 bits per heavy atom. The average Bonchev–Trinajstić information content (AvgIpc) is 2.54. The first-order valence-electron chi connectivity index (χ1n) is 5.41. The van der Waals surface area contributed by atoms with Crippen molar-refractivity contribution in [1.82, 2.24) is 0 Å². The molecule has 0 unspecified atom stereocenters. The molecule has 1 heterocycles. The molecule has 4 nitrogen and oxygen atoms in total. The number of benzene rings is 1. The van der Waals surface area contributed by atoms with Crippen LogP contribution in [0.25, 0.3) is 0 Å². The molecule has 1 aromatic rings. The van der Waals surface area contributed by atoms with Gasteiger partial charge in [0.15, 0.2) is 5.76 Å². The zero-order chi connectivity index (χ0) is 12.4. The Balaban J connectivity index is 2.25. The van der Waals surface area contributed by atoms with Gasteiger partial charge in [0, 0.05) is 0 Å². The number of imide groups is 1. The van der Waals surface area contributed by atoms with Crippen LogP contribution in [0.1, 0.15) is 13.8 Å². The first-order chi connectivity index (χ1) is 8.09. The van der Waals surface area contributed by atoms with Gasteiger partial charge in [-0.05, 0) is 26.0 Å². The summed E-state index contributed by atoms with van der Waals surface area (Å²) >= 11 is 0. The van der Waals surface area contributed by atoms with Crippen LogP contribution in [0.15, 0.2) is 42.2 Å². The molecule has 0 bridgehead atoms. The van der Waals surface area contributed by atoms with Gasteiger partial charge in [-0.3, -0.25) is 9.59 Å². The SMILES string of the molecule is CC(C)OC1=CC(=O)N(c2ccccc2)C1=O. The summed E-state index contributed by atoms with van der Waals surface area (Å²) in [6.45, 7) is 3.62. The Bertz CT molecular complexity index is 477. The minimum atomic E-state index is -0.408. The van der Waals surface area contributed by atoms with Crippen LogP contribution >= 0.6 is 0 Å². The second-order valence-electron chi connectivity index (χ2n) is 3.99. The third-order valence-electron chi connectivity index (χ3n) is 2.27. The van der Waals surface area contributed by atoms with Crippen LogP contribution in [0.4, 0.5) is 5.69 Å².